The molecule has 2 heterocycles. The van der Waals surface area contributed by atoms with Gasteiger partial charge in [0.1, 0.15) is 0 Å². The highest BCUT2D eigenvalue weighted by atomic mass is 28.4. The maximum atomic E-state index is 9.37. The van der Waals surface area contributed by atoms with Crippen molar-refractivity contribution in [1.82, 2.24) is 4.90 Å². The number of aliphatic hydroxyl groups is 1. The molecule has 4 heteroatoms. The van der Waals surface area contributed by atoms with Crippen molar-refractivity contribution >= 4 is 8.32 Å². The third-order valence-electron chi connectivity index (χ3n) is 6.05. The van der Waals surface area contributed by atoms with Gasteiger partial charge in [-0.2, -0.15) is 0 Å². The van der Waals surface area contributed by atoms with Crippen LogP contribution in [0.1, 0.15) is 52.9 Å². The Bertz CT molecular complexity index is 340. The first-order valence-corrected chi connectivity index (χ1v) is 11.1. The summed E-state index contributed by atoms with van der Waals surface area (Å²) in [5, 5.41) is 9.66. The summed E-state index contributed by atoms with van der Waals surface area (Å²) in [6, 6.07) is 0.582. The van der Waals surface area contributed by atoms with E-state index in [0.717, 1.165) is 13.0 Å². The van der Waals surface area contributed by atoms with Gasteiger partial charge in [-0.05, 0) is 56.8 Å². The Kier molecular flexibility index (Phi) is 4.70. The Balaban J connectivity index is 1.95. The third-order valence-corrected chi connectivity index (χ3v) is 10.6. The van der Waals surface area contributed by atoms with Crippen molar-refractivity contribution < 1.29 is 9.53 Å². The lowest BCUT2D eigenvalue weighted by atomic mass is 9.91. The minimum absolute atomic E-state index is 0.290. The van der Waals surface area contributed by atoms with Crippen molar-refractivity contribution in [3.8, 4) is 0 Å². The Labute approximate surface area is 125 Å². The van der Waals surface area contributed by atoms with Crippen LogP contribution >= 0.6 is 0 Å². The van der Waals surface area contributed by atoms with Gasteiger partial charge in [0.2, 0.25) is 0 Å². The molecule has 2 atom stereocenters. The van der Waals surface area contributed by atoms with Gasteiger partial charge in [0.15, 0.2) is 8.32 Å². The molecule has 0 unspecified atom stereocenters. The Morgan fingerprint density at radius 3 is 2.60 bits per heavy atom. The molecule has 2 rings (SSSR count). The predicted octanol–water partition coefficient (Wildman–Crippen LogP) is 3.39. The van der Waals surface area contributed by atoms with Crippen LogP contribution in [0.25, 0.3) is 0 Å². The molecule has 2 aliphatic rings. The molecule has 0 aromatic heterocycles. The summed E-state index contributed by atoms with van der Waals surface area (Å²) in [5.41, 5.74) is 0.302. The number of hydrogen-bond donors (Lipinski definition) is 1. The van der Waals surface area contributed by atoms with Crippen LogP contribution in [-0.2, 0) is 4.43 Å². The quantitative estimate of drug-likeness (QED) is 0.790. The monoisotopic (exact) mass is 299 g/mol. The summed E-state index contributed by atoms with van der Waals surface area (Å²) >= 11 is 0. The molecule has 3 nitrogen and oxygen atoms in total. The largest absolute Gasteiger partial charge is 0.415 e. The van der Waals surface area contributed by atoms with E-state index in [1.54, 1.807) is 0 Å². The van der Waals surface area contributed by atoms with E-state index in [-0.39, 0.29) is 0 Å². The lowest BCUT2D eigenvalue weighted by Gasteiger charge is -2.39. The molecule has 118 valence electrons. The van der Waals surface area contributed by atoms with Gasteiger partial charge in [-0.3, -0.25) is 4.90 Å². The van der Waals surface area contributed by atoms with E-state index in [1.165, 1.54) is 32.2 Å². The zero-order valence-corrected chi connectivity index (χ0v) is 15.0. The lowest BCUT2D eigenvalue weighted by Crippen LogP contribution is -2.48. The van der Waals surface area contributed by atoms with Crippen molar-refractivity contribution in [2.24, 2.45) is 0 Å². The van der Waals surface area contributed by atoms with Gasteiger partial charge in [-0.15, -0.1) is 0 Å². The summed E-state index contributed by atoms with van der Waals surface area (Å²) in [6.45, 7) is 14.0. The minimum Gasteiger partial charge on any atom is -0.415 e. The predicted molar refractivity (Wildman–Crippen MR) is 86.5 cm³/mol. The van der Waals surface area contributed by atoms with Crippen LogP contribution in [-0.4, -0.2) is 49.7 Å². The molecule has 2 fully saturated rings. The van der Waals surface area contributed by atoms with Crippen molar-refractivity contribution in [3.05, 3.63) is 0 Å². The fraction of sp³-hybridized carbons (Fsp3) is 1.00. The van der Waals surface area contributed by atoms with E-state index in [1.807, 2.05) is 0 Å². The molecule has 2 saturated heterocycles. The number of nitrogens with zero attached hydrogens (tertiary/aromatic N) is 1. The smallest absolute Gasteiger partial charge is 0.192 e. The van der Waals surface area contributed by atoms with Crippen molar-refractivity contribution in [1.29, 1.82) is 0 Å². The molecule has 2 aliphatic heterocycles. The first-order valence-electron chi connectivity index (χ1n) is 8.23. The van der Waals surface area contributed by atoms with Crippen LogP contribution in [0.3, 0.4) is 0 Å². The van der Waals surface area contributed by atoms with Gasteiger partial charge in [-0.1, -0.05) is 20.8 Å². The second kappa shape index (κ2) is 5.71. The lowest BCUT2D eigenvalue weighted by molar-refractivity contribution is 0.0875. The van der Waals surface area contributed by atoms with Crippen LogP contribution in [0.4, 0.5) is 0 Å². The van der Waals surface area contributed by atoms with Gasteiger partial charge in [0, 0.05) is 24.8 Å². The average Bonchev–Trinajstić information content (AvgIpc) is 2.84. The van der Waals surface area contributed by atoms with Crippen LogP contribution in [0.2, 0.25) is 18.1 Å². The second-order valence-corrected chi connectivity index (χ2v) is 13.1. The van der Waals surface area contributed by atoms with E-state index in [9.17, 15) is 5.11 Å². The zero-order valence-electron chi connectivity index (χ0n) is 14.0. The summed E-state index contributed by atoms with van der Waals surface area (Å²) in [5.74, 6) is 0. The fourth-order valence-corrected chi connectivity index (χ4v) is 4.73. The molecule has 0 bridgehead atoms. The van der Waals surface area contributed by atoms with Crippen LogP contribution < -0.4 is 0 Å². The second-order valence-electron chi connectivity index (χ2n) is 8.26. The van der Waals surface area contributed by atoms with Crippen LogP contribution in [0.5, 0.6) is 0 Å². The molecule has 1 N–H and O–H groups in total. The minimum atomic E-state index is -1.64. The van der Waals surface area contributed by atoms with Crippen LogP contribution in [0.15, 0.2) is 0 Å². The highest BCUT2D eigenvalue weighted by Gasteiger charge is 2.49. The Morgan fingerprint density at radius 1 is 1.30 bits per heavy atom. The molecule has 0 amide bonds. The number of rotatable bonds is 5. The molecule has 0 spiro atoms. The summed E-state index contributed by atoms with van der Waals surface area (Å²) in [6.07, 6.45) is 6.00. The molecule has 0 radical (unpaired) electrons. The third kappa shape index (κ3) is 2.98. The molecule has 0 aliphatic carbocycles. The standard InChI is InChI=1S/C16H33NO2Si/c1-15(2,3)20(4,5)19-13-14-7-9-16(10-12-18)8-6-11-17(14)16/h14,18H,6-13H2,1-5H3/t14-,16-/m0/s1. The van der Waals surface area contributed by atoms with Gasteiger partial charge < -0.3 is 9.53 Å². The SMILES string of the molecule is CC(C)(C)[Si](C)(C)OC[C@@H]1CC[C@]2(CCO)CCCN12. The maximum Gasteiger partial charge on any atom is 0.192 e. The Morgan fingerprint density at radius 2 is 2.00 bits per heavy atom. The van der Waals surface area contributed by atoms with E-state index in [2.05, 4.69) is 38.8 Å². The van der Waals surface area contributed by atoms with Gasteiger partial charge >= 0.3 is 0 Å². The van der Waals surface area contributed by atoms with Gasteiger partial charge in [0.05, 0.1) is 0 Å². The van der Waals surface area contributed by atoms with Gasteiger partial charge in [0.25, 0.3) is 0 Å². The zero-order chi connectivity index (χ0) is 15.0. The number of aliphatic hydroxyl groups excluding tert-OH is 1. The molecular weight excluding hydrogens is 266 g/mol. The van der Waals surface area contributed by atoms with Crippen molar-refractivity contribution in [2.75, 3.05) is 19.8 Å². The first-order chi connectivity index (χ1) is 9.22. The fourth-order valence-electron chi connectivity index (χ4n) is 3.68. The molecule has 20 heavy (non-hydrogen) atoms. The Hall–Kier alpha value is 0.0969. The van der Waals surface area contributed by atoms with E-state index in [0.29, 0.717) is 23.2 Å². The number of hydrogen-bond acceptors (Lipinski definition) is 3. The summed E-state index contributed by atoms with van der Waals surface area (Å²) in [4.78, 5) is 2.66. The normalized spacial score (nSPS) is 31.8. The highest BCUT2D eigenvalue weighted by molar-refractivity contribution is 6.74. The molecule has 0 aromatic carbocycles. The maximum absolute atomic E-state index is 9.37. The van der Waals surface area contributed by atoms with Crippen molar-refractivity contribution in [3.63, 3.8) is 0 Å². The number of fused-ring (bicyclic) bond motifs is 1. The van der Waals surface area contributed by atoms with E-state index < -0.39 is 8.32 Å². The average molecular weight is 300 g/mol. The molecule has 0 aromatic rings. The summed E-state index contributed by atoms with van der Waals surface area (Å²) < 4.78 is 6.44. The van der Waals surface area contributed by atoms with Crippen LogP contribution in [0, 0.1) is 0 Å². The topological polar surface area (TPSA) is 32.7 Å². The van der Waals surface area contributed by atoms with Gasteiger partial charge in [-0.25, -0.2) is 0 Å². The van der Waals surface area contributed by atoms with E-state index >= 15 is 0 Å². The van der Waals surface area contributed by atoms with Crippen molar-refractivity contribution in [2.45, 2.75) is 82.6 Å². The molecular formula is C16H33NO2Si. The summed E-state index contributed by atoms with van der Waals surface area (Å²) in [7, 11) is -1.64. The highest BCUT2D eigenvalue weighted by Crippen LogP contribution is 2.45. The van der Waals surface area contributed by atoms with E-state index in [4.69, 9.17) is 4.43 Å². The first kappa shape index (κ1) is 16.5. The molecule has 0 saturated carbocycles.